The molecule has 0 N–H and O–H groups in total. The normalized spacial score (nSPS) is 11.5. The Morgan fingerprint density at radius 3 is 2.17 bits per heavy atom. The SMILES string of the molecule is Brc1ccc(-c2ccc3c(c2)sc2ccccc23)c2ccccc12. The molecule has 0 saturated heterocycles. The van der Waals surface area contributed by atoms with E-state index in [1.165, 1.54) is 42.1 Å². The Hall–Kier alpha value is -2.16. The van der Waals surface area contributed by atoms with Crippen molar-refractivity contribution in [2.24, 2.45) is 0 Å². The van der Waals surface area contributed by atoms with Crippen LogP contribution in [0.15, 0.2) is 83.3 Å². The van der Waals surface area contributed by atoms with Crippen LogP contribution in [-0.4, -0.2) is 0 Å². The summed E-state index contributed by atoms with van der Waals surface area (Å²) in [6.45, 7) is 0. The quantitative estimate of drug-likeness (QED) is 0.276. The van der Waals surface area contributed by atoms with E-state index in [2.05, 4.69) is 94.8 Å². The number of thiophene rings is 1. The minimum atomic E-state index is 1.14. The van der Waals surface area contributed by atoms with Crippen LogP contribution in [0.3, 0.4) is 0 Å². The van der Waals surface area contributed by atoms with Crippen LogP contribution in [-0.2, 0) is 0 Å². The van der Waals surface area contributed by atoms with Gasteiger partial charge in [0.1, 0.15) is 0 Å². The third kappa shape index (κ3) is 2.10. The van der Waals surface area contributed by atoms with Gasteiger partial charge in [-0.05, 0) is 40.1 Å². The molecular formula is C22H13BrS. The lowest BCUT2D eigenvalue weighted by Gasteiger charge is -2.09. The number of halogens is 1. The molecule has 0 unspecified atom stereocenters. The minimum absolute atomic E-state index is 1.14. The van der Waals surface area contributed by atoms with E-state index in [1.807, 2.05) is 11.3 Å². The van der Waals surface area contributed by atoms with E-state index in [1.54, 1.807) is 0 Å². The van der Waals surface area contributed by atoms with Gasteiger partial charge in [0, 0.05) is 24.6 Å². The van der Waals surface area contributed by atoms with E-state index >= 15 is 0 Å². The molecule has 0 amide bonds. The van der Waals surface area contributed by atoms with Crippen LogP contribution in [0.2, 0.25) is 0 Å². The van der Waals surface area contributed by atoms with Crippen molar-refractivity contribution in [3.05, 3.63) is 83.3 Å². The summed E-state index contributed by atoms with van der Waals surface area (Å²) in [5, 5.41) is 5.24. The average molecular weight is 389 g/mol. The lowest BCUT2D eigenvalue weighted by Crippen LogP contribution is -1.82. The van der Waals surface area contributed by atoms with Crippen molar-refractivity contribution in [1.29, 1.82) is 0 Å². The predicted octanol–water partition coefficient (Wildman–Crippen LogP) is 7.64. The Morgan fingerprint density at radius 1 is 0.583 bits per heavy atom. The lowest BCUT2D eigenvalue weighted by molar-refractivity contribution is 1.67. The van der Waals surface area contributed by atoms with Gasteiger partial charge in [-0.15, -0.1) is 11.3 Å². The number of hydrogen-bond acceptors (Lipinski definition) is 1. The van der Waals surface area contributed by atoms with Crippen molar-refractivity contribution in [3.63, 3.8) is 0 Å². The Balaban J connectivity index is 1.81. The average Bonchev–Trinajstić information content (AvgIpc) is 3.00. The lowest BCUT2D eigenvalue weighted by atomic mass is 9.97. The Kier molecular flexibility index (Phi) is 3.22. The van der Waals surface area contributed by atoms with Gasteiger partial charge in [0.25, 0.3) is 0 Å². The fourth-order valence-corrected chi connectivity index (χ4v) is 5.03. The van der Waals surface area contributed by atoms with Crippen molar-refractivity contribution < 1.29 is 0 Å². The molecule has 5 rings (SSSR count). The first-order valence-corrected chi connectivity index (χ1v) is 9.51. The van der Waals surface area contributed by atoms with Crippen LogP contribution in [0.5, 0.6) is 0 Å². The van der Waals surface area contributed by atoms with Crippen molar-refractivity contribution >= 4 is 58.2 Å². The molecule has 0 bridgehead atoms. The van der Waals surface area contributed by atoms with Gasteiger partial charge in [-0.25, -0.2) is 0 Å². The highest BCUT2D eigenvalue weighted by molar-refractivity contribution is 9.10. The minimum Gasteiger partial charge on any atom is -0.135 e. The van der Waals surface area contributed by atoms with Crippen LogP contribution < -0.4 is 0 Å². The molecule has 0 aliphatic carbocycles. The van der Waals surface area contributed by atoms with Crippen LogP contribution in [0, 0.1) is 0 Å². The van der Waals surface area contributed by atoms with Crippen molar-refractivity contribution in [2.75, 3.05) is 0 Å². The Labute approximate surface area is 152 Å². The van der Waals surface area contributed by atoms with E-state index in [-0.39, 0.29) is 0 Å². The van der Waals surface area contributed by atoms with Crippen molar-refractivity contribution in [3.8, 4) is 11.1 Å². The summed E-state index contributed by atoms with van der Waals surface area (Å²) in [5.41, 5.74) is 2.56. The van der Waals surface area contributed by atoms with Gasteiger partial charge >= 0.3 is 0 Å². The number of benzene rings is 4. The smallest absolute Gasteiger partial charge is 0.0361 e. The summed E-state index contributed by atoms with van der Waals surface area (Å²) in [7, 11) is 0. The van der Waals surface area contributed by atoms with Gasteiger partial charge in [-0.3, -0.25) is 0 Å². The highest BCUT2D eigenvalue weighted by Gasteiger charge is 2.09. The van der Waals surface area contributed by atoms with E-state index in [0.717, 1.165) is 4.47 Å². The van der Waals surface area contributed by atoms with Gasteiger partial charge in [-0.2, -0.15) is 0 Å². The molecule has 0 aliphatic heterocycles. The summed E-state index contributed by atoms with van der Waals surface area (Å²) in [6.07, 6.45) is 0. The molecule has 0 atom stereocenters. The third-order valence-electron chi connectivity index (χ3n) is 4.56. The van der Waals surface area contributed by atoms with Crippen LogP contribution >= 0.6 is 27.3 Å². The standard InChI is InChI=1S/C22H13BrS/c23-20-12-11-15(16-5-1-2-6-17(16)20)14-9-10-19-18-7-3-4-8-21(18)24-22(19)13-14/h1-13H. The maximum Gasteiger partial charge on any atom is 0.0361 e. The first kappa shape index (κ1) is 14.2. The molecule has 4 aromatic carbocycles. The third-order valence-corrected chi connectivity index (χ3v) is 6.39. The second-order valence-corrected chi connectivity index (χ2v) is 7.89. The molecule has 2 heteroatoms. The molecule has 1 aromatic heterocycles. The number of fused-ring (bicyclic) bond motifs is 4. The Bertz CT molecular complexity index is 1220. The van der Waals surface area contributed by atoms with Gasteiger partial charge in [0.15, 0.2) is 0 Å². The zero-order valence-corrected chi connectivity index (χ0v) is 15.2. The largest absolute Gasteiger partial charge is 0.135 e. The molecule has 0 nitrogen and oxygen atoms in total. The summed E-state index contributed by atoms with van der Waals surface area (Å²) in [6, 6.07) is 28.4. The monoisotopic (exact) mass is 388 g/mol. The molecule has 114 valence electrons. The molecule has 5 aromatic rings. The molecule has 0 spiro atoms. The number of rotatable bonds is 1. The zero-order chi connectivity index (χ0) is 16.1. The first-order valence-electron chi connectivity index (χ1n) is 7.90. The van der Waals surface area contributed by atoms with Gasteiger partial charge in [-0.1, -0.05) is 76.6 Å². The summed E-state index contributed by atoms with van der Waals surface area (Å²) in [5.74, 6) is 0. The molecule has 0 saturated carbocycles. The highest BCUT2D eigenvalue weighted by Crippen LogP contribution is 2.38. The molecule has 0 aliphatic rings. The zero-order valence-electron chi connectivity index (χ0n) is 12.8. The predicted molar refractivity (Wildman–Crippen MR) is 110 cm³/mol. The van der Waals surface area contributed by atoms with E-state index in [4.69, 9.17) is 0 Å². The van der Waals surface area contributed by atoms with Crippen molar-refractivity contribution in [1.82, 2.24) is 0 Å². The van der Waals surface area contributed by atoms with E-state index in [9.17, 15) is 0 Å². The van der Waals surface area contributed by atoms with Gasteiger partial charge in [0.05, 0.1) is 0 Å². The molecule has 0 radical (unpaired) electrons. The maximum atomic E-state index is 3.67. The highest BCUT2D eigenvalue weighted by atomic mass is 79.9. The molecule has 24 heavy (non-hydrogen) atoms. The van der Waals surface area contributed by atoms with Crippen LogP contribution in [0.25, 0.3) is 42.1 Å². The maximum absolute atomic E-state index is 3.67. The Morgan fingerprint density at radius 2 is 1.29 bits per heavy atom. The molecule has 0 fully saturated rings. The fraction of sp³-hybridized carbons (Fsp3) is 0. The summed E-state index contributed by atoms with van der Waals surface area (Å²) in [4.78, 5) is 0. The molecule has 1 heterocycles. The van der Waals surface area contributed by atoms with Crippen LogP contribution in [0.4, 0.5) is 0 Å². The van der Waals surface area contributed by atoms with Gasteiger partial charge in [0.2, 0.25) is 0 Å². The fourth-order valence-electron chi connectivity index (χ4n) is 3.41. The van der Waals surface area contributed by atoms with E-state index in [0.29, 0.717) is 0 Å². The van der Waals surface area contributed by atoms with Crippen molar-refractivity contribution in [2.45, 2.75) is 0 Å². The second-order valence-electron chi connectivity index (χ2n) is 5.95. The summed E-state index contributed by atoms with van der Waals surface area (Å²) < 4.78 is 3.84. The number of hydrogen-bond donors (Lipinski definition) is 0. The first-order chi connectivity index (χ1) is 11.8. The van der Waals surface area contributed by atoms with E-state index < -0.39 is 0 Å². The van der Waals surface area contributed by atoms with Crippen LogP contribution in [0.1, 0.15) is 0 Å². The second kappa shape index (κ2) is 5.44. The topological polar surface area (TPSA) is 0 Å². The van der Waals surface area contributed by atoms with Gasteiger partial charge < -0.3 is 0 Å². The summed E-state index contributed by atoms with van der Waals surface area (Å²) >= 11 is 5.54. The molecular weight excluding hydrogens is 376 g/mol.